The number of hydrogen-bond acceptors (Lipinski definition) is 4. The molecule has 4 N–H and O–H groups in total. The Morgan fingerprint density at radius 3 is 2.72 bits per heavy atom. The average Bonchev–Trinajstić information content (AvgIpc) is 2.34. The van der Waals surface area contributed by atoms with Crippen molar-refractivity contribution in [1.82, 2.24) is 10.7 Å². The summed E-state index contributed by atoms with van der Waals surface area (Å²) >= 11 is 0. The standard InChI is InChI=1S/C12H26N4O2/c1-3-17-7-5-6-14-12(16-13)15-10-8-11(9-10)18-4-2/h10-11H,3-9,13H2,1-2H3,(H2,14,15,16). The van der Waals surface area contributed by atoms with Crippen LogP contribution in [0.5, 0.6) is 0 Å². The van der Waals surface area contributed by atoms with Gasteiger partial charge in [0.05, 0.1) is 6.10 Å². The van der Waals surface area contributed by atoms with E-state index < -0.39 is 0 Å². The van der Waals surface area contributed by atoms with E-state index in [2.05, 4.69) is 15.7 Å². The second-order valence-electron chi connectivity index (χ2n) is 4.32. The highest BCUT2D eigenvalue weighted by atomic mass is 16.5. The number of aliphatic imine (C=N–C) groups is 1. The van der Waals surface area contributed by atoms with Gasteiger partial charge in [-0.1, -0.05) is 0 Å². The summed E-state index contributed by atoms with van der Waals surface area (Å²) < 4.78 is 10.7. The van der Waals surface area contributed by atoms with Gasteiger partial charge in [-0.05, 0) is 33.1 Å². The van der Waals surface area contributed by atoms with Gasteiger partial charge in [0.1, 0.15) is 0 Å². The fraction of sp³-hybridized carbons (Fsp3) is 0.917. The molecule has 1 aliphatic rings. The molecule has 6 heteroatoms. The molecular weight excluding hydrogens is 232 g/mol. The van der Waals surface area contributed by atoms with E-state index in [0.29, 0.717) is 24.7 Å². The van der Waals surface area contributed by atoms with Crippen LogP contribution in [0.15, 0.2) is 4.99 Å². The Hall–Kier alpha value is -0.850. The van der Waals surface area contributed by atoms with Gasteiger partial charge in [0, 0.05) is 32.4 Å². The lowest BCUT2D eigenvalue weighted by molar-refractivity contribution is -0.00579. The van der Waals surface area contributed by atoms with Crippen molar-refractivity contribution in [1.29, 1.82) is 0 Å². The Balaban J connectivity index is 2.12. The first-order valence-electron chi connectivity index (χ1n) is 6.77. The van der Waals surface area contributed by atoms with Crippen LogP contribution in [0.1, 0.15) is 33.1 Å². The van der Waals surface area contributed by atoms with Gasteiger partial charge in [-0.15, -0.1) is 0 Å². The van der Waals surface area contributed by atoms with Crippen molar-refractivity contribution < 1.29 is 9.47 Å². The summed E-state index contributed by atoms with van der Waals surface area (Å²) in [5, 5.41) is 3.28. The maximum atomic E-state index is 5.50. The Morgan fingerprint density at radius 2 is 2.11 bits per heavy atom. The summed E-state index contributed by atoms with van der Waals surface area (Å²) in [6, 6.07) is 0.420. The third-order valence-electron chi connectivity index (χ3n) is 2.90. The zero-order valence-corrected chi connectivity index (χ0v) is 11.4. The van der Waals surface area contributed by atoms with Crippen molar-refractivity contribution in [3.63, 3.8) is 0 Å². The van der Waals surface area contributed by atoms with E-state index >= 15 is 0 Å². The summed E-state index contributed by atoms with van der Waals surface area (Å²) in [6.45, 7) is 7.01. The van der Waals surface area contributed by atoms with Gasteiger partial charge >= 0.3 is 0 Å². The molecule has 0 spiro atoms. The van der Waals surface area contributed by atoms with Crippen LogP contribution in [0.3, 0.4) is 0 Å². The Labute approximate surface area is 109 Å². The minimum absolute atomic E-state index is 0.393. The largest absolute Gasteiger partial charge is 0.382 e. The molecule has 18 heavy (non-hydrogen) atoms. The number of ether oxygens (including phenoxy) is 2. The van der Waals surface area contributed by atoms with Crippen LogP contribution in [0, 0.1) is 0 Å². The third kappa shape index (κ3) is 5.66. The molecule has 106 valence electrons. The monoisotopic (exact) mass is 258 g/mol. The molecule has 1 rings (SSSR count). The molecule has 0 aromatic carbocycles. The van der Waals surface area contributed by atoms with Crippen molar-refractivity contribution in [2.24, 2.45) is 10.8 Å². The maximum Gasteiger partial charge on any atom is 0.205 e. The van der Waals surface area contributed by atoms with Gasteiger partial charge in [0.25, 0.3) is 0 Å². The quantitative estimate of drug-likeness (QED) is 0.193. The van der Waals surface area contributed by atoms with Crippen molar-refractivity contribution >= 4 is 5.96 Å². The molecule has 0 aliphatic heterocycles. The van der Waals surface area contributed by atoms with Gasteiger partial charge < -0.3 is 14.8 Å². The Bertz CT molecular complexity index is 242. The first kappa shape index (κ1) is 15.2. The highest BCUT2D eigenvalue weighted by Crippen LogP contribution is 2.22. The molecular formula is C12H26N4O2. The van der Waals surface area contributed by atoms with Crippen LogP contribution in [-0.2, 0) is 9.47 Å². The predicted octanol–water partition coefficient (Wildman–Crippen LogP) is 0.389. The highest BCUT2D eigenvalue weighted by molar-refractivity contribution is 5.79. The van der Waals surface area contributed by atoms with Gasteiger partial charge in [0.2, 0.25) is 5.96 Å². The molecule has 0 amide bonds. The zero-order valence-electron chi connectivity index (χ0n) is 11.4. The maximum absolute atomic E-state index is 5.50. The molecule has 0 aromatic rings. The van der Waals surface area contributed by atoms with Crippen molar-refractivity contribution in [3.8, 4) is 0 Å². The molecule has 1 saturated carbocycles. The molecule has 0 unspecified atom stereocenters. The molecule has 0 atom stereocenters. The van der Waals surface area contributed by atoms with Crippen LogP contribution in [0.25, 0.3) is 0 Å². The smallest absolute Gasteiger partial charge is 0.205 e. The van der Waals surface area contributed by atoms with Crippen LogP contribution in [-0.4, -0.2) is 44.5 Å². The molecule has 0 saturated heterocycles. The van der Waals surface area contributed by atoms with E-state index in [1.807, 2.05) is 13.8 Å². The van der Waals surface area contributed by atoms with Crippen LogP contribution < -0.4 is 16.6 Å². The van der Waals surface area contributed by atoms with Crippen LogP contribution in [0.2, 0.25) is 0 Å². The molecule has 1 aliphatic carbocycles. The van der Waals surface area contributed by atoms with Crippen LogP contribution in [0.4, 0.5) is 0 Å². The number of nitrogens with zero attached hydrogens (tertiary/aromatic N) is 1. The van der Waals surface area contributed by atoms with Crippen molar-refractivity contribution in [2.45, 2.75) is 45.3 Å². The molecule has 0 bridgehead atoms. The highest BCUT2D eigenvalue weighted by Gasteiger charge is 2.29. The number of hydrazine groups is 1. The number of guanidine groups is 1. The molecule has 1 fully saturated rings. The molecule has 0 radical (unpaired) electrons. The number of nitrogens with two attached hydrogens (primary N) is 1. The first-order chi connectivity index (χ1) is 8.80. The Morgan fingerprint density at radius 1 is 1.33 bits per heavy atom. The summed E-state index contributed by atoms with van der Waals surface area (Å²) in [5.41, 5.74) is 2.60. The summed E-state index contributed by atoms with van der Waals surface area (Å²) in [6.07, 6.45) is 3.35. The Kier molecular flexibility index (Phi) is 7.71. The van der Waals surface area contributed by atoms with E-state index in [1.165, 1.54) is 0 Å². The third-order valence-corrected chi connectivity index (χ3v) is 2.90. The molecule has 0 heterocycles. The number of rotatable bonds is 8. The van der Waals surface area contributed by atoms with E-state index in [-0.39, 0.29) is 0 Å². The lowest BCUT2D eigenvalue weighted by Crippen LogP contribution is -2.53. The van der Waals surface area contributed by atoms with E-state index in [4.69, 9.17) is 15.3 Å². The lowest BCUT2D eigenvalue weighted by Gasteiger charge is -2.36. The zero-order chi connectivity index (χ0) is 13.2. The lowest BCUT2D eigenvalue weighted by atomic mass is 9.89. The summed E-state index contributed by atoms with van der Waals surface area (Å²) in [4.78, 5) is 4.36. The number of nitrogens with one attached hydrogen (secondary N) is 2. The summed E-state index contributed by atoms with van der Waals surface area (Å²) in [5.74, 6) is 6.09. The summed E-state index contributed by atoms with van der Waals surface area (Å²) in [7, 11) is 0. The minimum atomic E-state index is 0.393. The van der Waals surface area contributed by atoms with E-state index in [1.54, 1.807) is 0 Å². The van der Waals surface area contributed by atoms with Gasteiger partial charge in [-0.3, -0.25) is 10.4 Å². The molecule has 6 nitrogen and oxygen atoms in total. The average molecular weight is 258 g/mol. The second kappa shape index (κ2) is 9.13. The van der Waals surface area contributed by atoms with Gasteiger partial charge in [0.15, 0.2) is 0 Å². The van der Waals surface area contributed by atoms with Crippen LogP contribution >= 0.6 is 0 Å². The first-order valence-corrected chi connectivity index (χ1v) is 6.77. The SMILES string of the molecule is CCOCCCN=C(NN)NC1CC(OCC)C1. The van der Waals surface area contributed by atoms with Crippen molar-refractivity contribution in [3.05, 3.63) is 0 Å². The van der Waals surface area contributed by atoms with E-state index in [0.717, 1.165) is 39.1 Å². The van der Waals surface area contributed by atoms with Crippen molar-refractivity contribution in [2.75, 3.05) is 26.4 Å². The second-order valence-corrected chi connectivity index (χ2v) is 4.32. The van der Waals surface area contributed by atoms with Gasteiger partial charge in [-0.25, -0.2) is 5.84 Å². The normalized spacial score (nSPS) is 23.6. The molecule has 0 aromatic heterocycles. The fourth-order valence-corrected chi connectivity index (χ4v) is 1.88. The minimum Gasteiger partial charge on any atom is -0.382 e. The van der Waals surface area contributed by atoms with Gasteiger partial charge in [-0.2, -0.15) is 0 Å². The predicted molar refractivity (Wildman–Crippen MR) is 72.3 cm³/mol. The van der Waals surface area contributed by atoms with E-state index in [9.17, 15) is 0 Å². The fourth-order valence-electron chi connectivity index (χ4n) is 1.88. The number of hydrogen-bond donors (Lipinski definition) is 3. The topological polar surface area (TPSA) is 80.9 Å².